The molecule has 2 heterocycles. The van der Waals surface area contributed by atoms with E-state index in [2.05, 4.69) is 31.2 Å². The lowest BCUT2D eigenvalue weighted by molar-refractivity contribution is 0.0949. The van der Waals surface area contributed by atoms with E-state index in [0.717, 1.165) is 11.3 Å². The molecular weight excluding hydrogens is 294 g/mol. The highest BCUT2D eigenvalue weighted by atomic mass is 79.9. The molecule has 18 heavy (non-hydrogen) atoms. The Morgan fingerprint density at radius 1 is 1.28 bits per heavy atom. The van der Waals surface area contributed by atoms with Gasteiger partial charge in [-0.2, -0.15) is 0 Å². The Balaban J connectivity index is 2.06. The van der Waals surface area contributed by atoms with Gasteiger partial charge in [-0.3, -0.25) is 9.78 Å². The summed E-state index contributed by atoms with van der Waals surface area (Å²) >= 11 is 3.25. The second-order valence-electron chi connectivity index (χ2n) is 3.79. The summed E-state index contributed by atoms with van der Waals surface area (Å²) in [5.74, 6) is -0.167. The lowest BCUT2D eigenvalue weighted by Crippen LogP contribution is -2.24. The fraction of sp³-hybridized carbons (Fsp3) is 0.154. The summed E-state index contributed by atoms with van der Waals surface area (Å²) < 4.78 is 0.542. The van der Waals surface area contributed by atoms with Crippen molar-refractivity contribution < 1.29 is 4.79 Å². The Kier molecular flexibility index (Phi) is 4.04. The predicted octanol–water partition coefficient (Wildman–Crippen LogP) is 2.48. The van der Waals surface area contributed by atoms with E-state index in [1.165, 1.54) is 0 Å². The molecule has 2 aromatic rings. The Morgan fingerprint density at radius 3 is 2.72 bits per heavy atom. The van der Waals surface area contributed by atoms with Crippen LogP contribution in [-0.4, -0.2) is 15.9 Å². The highest BCUT2D eigenvalue weighted by molar-refractivity contribution is 9.10. The van der Waals surface area contributed by atoms with Gasteiger partial charge in [-0.1, -0.05) is 6.07 Å². The molecule has 0 aliphatic heterocycles. The molecule has 0 spiro atoms. The Labute approximate surface area is 114 Å². The number of carbonyl (C=O) groups excluding carboxylic acids is 1. The number of aryl methyl sites for hydroxylation is 1. The second kappa shape index (κ2) is 5.73. The van der Waals surface area contributed by atoms with Crippen molar-refractivity contribution in [3.63, 3.8) is 0 Å². The van der Waals surface area contributed by atoms with E-state index in [1.807, 2.05) is 19.1 Å². The molecule has 0 saturated heterocycles. The number of hydrogen-bond acceptors (Lipinski definition) is 3. The molecule has 0 saturated carbocycles. The van der Waals surface area contributed by atoms with Crippen LogP contribution in [0, 0.1) is 6.92 Å². The van der Waals surface area contributed by atoms with Gasteiger partial charge in [0.05, 0.1) is 17.8 Å². The van der Waals surface area contributed by atoms with Crippen molar-refractivity contribution in [1.82, 2.24) is 15.3 Å². The zero-order valence-electron chi connectivity index (χ0n) is 9.85. The van der Waals surface area contributed by atoms with E-state index in [1.54, 1.807) is 24.5 Å². The number of rotatable bonds is 3. The average Bonchev–Trinajstić information content (AvgIpc) is 2.38. The molecule has 5 heteroatoms. The smallest absolute Gasteiger partial charge is 0.254 e. The molecule has 1 N–H and O–H groups in total. The first kappa shape index (κ1) is 12.7. The number of carbonyl (C=O) groups is 1. The van der Waals surface area contributed by atoms with E-state index in [4.69, 9.17) is 0 Å². The molecule has 2 rings (SSSR count). The molecule has 4 nitrogen and oxygen atoms in total. The number of aromatic nitrogens is 2. The van der Waals surface area contributed by atoms with E-state index in [0.29, 0.717) is 16.7 Å². The highest BCUT2D eigenvalue weighted by Crippen LogP contribution is 2.12. The maximum Gasteiger partial charge on any atom is 0.254 e. The molecule has 0 aliphatic rings. The molecule has 0 radical (unpaired) electrons. The summed E-state index contributed by atoms with van der Waals surface area (Å²) in [5, 5.41) is 2.83. The van der Waals surface area contributed by atoms with Crippen molar-refractivity contribution in [2.24, 2.45) is 0 Å². The number of amides is 1. The van der Waals surface area contributed by atoms with Gasteiger partial charge >= 0.3 is 0 Å². The third-order valence-electron chi connectivity index (χ3n) is 2.54. The Morgan fingerprint density at radius 2 is 2.00 bits per heavy atom. The number of hydrogen-bond donors (Lipinski definition) is 1. The molecule has 0 bridgehead atoms. The Bertz CT molecular complexity index is 572. The van der Waals surface area contributed by atoms with Crippen molar-refractivity contribution in [3.05, 3.63) is 58.1 Å². The van der Waals surface area contributed by atoms with Crippen molar-refractivity contribution >= 4 is 21.8 Å². The standard InChI is InChI=1S/C13H12BrN3O/c1-9-4-2-6-15-11(9)8-17-13(18)10-5-3-7-16-12(10)14/h2-7H,8H2,1H3,(H,17,18). The van der Waals surface area contributed by atoms with Crippen LogP contribution in [0.4, 0.5) is 0 Å². The second-order valence-corrected chi connectivity index (χ2v) is 4.54. The fourth-order valence-electron chi connectivity index (χ4n) is 1.52. The normalized spacial score (nSPS) is 10.1. The van der Waals surface area contributed by atoms with Gasteiger partial charge in [0.25, 0.3) is 5.91 Å². The molecule has 0 aromatic carbocycles. The van der Waals surface area contributed by atoms with Gasteiger partial charge in [-0.05, 0) is 46.6 Å². The zero-order valence-corrected chi connectivity index (χ0v) is 11.4. The minimum atomic E-state index is -0.167. The van der Waals surface area contributed by atoms with Crippen molar-refractivity contribution in [2.75, 3.05) is 0 Å². The van der Waals surface area contributed by atoms with Crippen LogP contribution >= 0.6 is 15.9 Å². The van der Waals surface area contributed by atoms with Crippen LogP contribution in [0.25, 0.3) is 0 Å². The third kappa shape index (κ3) is 2.92. The van der Waals surface area contributed by atoms with Gasteiger partial charge in [0, 0.05) is 12.4 Å². The summed E-state index contributed by atoms with van der Waals surface area (Å²) in [6.45, 7) is 2.38. The van der Waals surface area contributed by atoms with Crippen LogP contribution in [0.5, 0.6) is 0 Å². The third-order valence-corrected chi connectivity index (χ3v) is 3.17. The van der Waals surface area contributed by atoms with E-state index >= 15 is 0 Å². The summed E-state index contributed by atoms with van der Waals surface area (Å²) in [6.07, 6.45) is 3.35. The molecule has 0 fully saturated rings. The van der Waals surface area contributed by atoms with Crippen LogP contribution in [0.1, 0.15) is 21.6 Å². The fourth-order valence-corrected chi connectivity index (χ4v) is 1.95. The van der Waals surface area contributed by atoms with E-state index in [9.17, 15) is 4.79 Å². The molecule has 92 valence electrons. The van der Waals surface area contributed by atoms with Gasteiger partial charge < -0.3 is 5.32 Å². The minimum absolute atomic E-state index is 0.167. The first-order chi connectivity index (χ1) is 8.68. The van der Waals surface area contributed by atoms with E-state index < -0.39 is 0 Å². The number of nitrogens with one attached hydrogen (secondary N) is 1. The quantitative estimate of drug-likeness (QED) is 0.886. The minimum Gasteiger partial charge on any atom is -0.346 e. The SMILES string of the molecule is Cc1cccnc1CNC(=O)c1cccnc1Br. The first-order valence-electron chi connectivity index (χ1n) is 5.47. The molecule has 0 atom stereocenters. The van der Waals surface area contributed by atoms with Crippen molar-refractivity contribution in [2.45, 2.75) is 13.5 Å². The summed E-state index contributed by atoms with van der Waals surface area (Å²) in [5.41, 5.74) is 2.44. The predicted molar refractivity (Wildman–Crippen MR) is 72.1 cm³/mol. The van der Waals surface area contributed by atoms with Gasteiger partial charge in [0.2, 0.25) is 0 Å². The molecule has 2 aromatic heterocycles. The first-order valence-corrected chi connectivity index (χ1v) is 6.27. The van der Waals surface area contributed by atoms with Gasteiger partial charge in [0.15, 0.2) is 0 Å². The Hall–Kier alpha value is -1.75. The maximum atomic E-state index is 11.9. The van der Waals surface area contributed by atoms with Crippen LogP contribution < -0.4 is 5.32 Å². The monoisotopic (exact) mass is 305 g/mol. The van der Waals surface area contributed by atoms with Gasteiger partial charge in [-0.25, -0.2) is 4.98 Å². The molecule has 1 amide bonds. The van der Waals surface area contributed by atoms with Crippen LogP contribution in [0.2, 0.25) is 0 Å². The molecule has 0 aliphatic carbocycles. The van der Waals surface area contributed by atoms with Gasteiger partial charge in [0.1, 0.15) is 4.60 Å². The van der Waals surface area contributed by atoms with Crippen LogP contribution in [0.3, 0.4) is 0 Å². The summed E-state index contributed by atoms with van der Waals surface area (Å²) in [7, 11) is 0. The lowest BCUT2D eigenvalue weighted by Gasteiger charge is -2.07. The highest BCUT2D eigenvalue weighted by Gasteiger charge is 2.10. The average molecular weight is 306 g/mol. The van der Waals surface area contributed by atoms with Crippen molar-refractivity contribution in [1.29, 1.82) is 0 Å². The van der Waals surface area contributed by atoms with Gasteiger partial charge in [-0.15, -0.1) is 0 Å². The molecule has 0 unspecified atom stereocenters. The summed E-state index contributed by atoms with van der Waals surface area (Å²) in [4.78, 5) is 20.2. The van der Waals surface area contributed by atoms with Crippen LogP contribution in [0.15, 0.2) is 41.3 Å². The zero-order chi connectivity index (χ0) is 13.0. The topological polar surface area (TPSA) is 54.9 Å². The molecular formula is C13H12BrN3O. The maximum absolute atomic E-state index is 11.9. The number of halogens is 1. The lowest BCUT2D eigenvalue weighted by atomic mass is 10.2. The number of nitrogens with zero attached hydrogens (tertiary/aromatic N) is 2. The summed E-state index contributed by atoms with van der Waals surface area (Å²) in [6, 6.07) is 7.29. The largest absolute Gasteiger partial charge is 0.346 e. The van der Waals surface area contributed by atoms with Crippen LogP contribution in [-0.2, 0) is 6.54 Å². The van der Waals surface area contributed by atoms with Crippen molar-refractivity contribution in [3.8, 4) is 0 Å². The number of pyridine rings is 2. The van der Waals surface area contributed by atoms with E-state index in [-0.39, 0.29) is 5.91 Å².